The molecule has 0 saturated carbocycles. The van der Waals surface area contributed by atoms with Crippen LogP contribution in [0.1, 0.15) is 19.4 Å². The molecule has 0 spiro atoms. The summed E-state index contributed by atoms with van der Waals surface area (Å²) in [6.45, 7) is 7.83. The van der Waals surface area contributed by atoms with Crippen LogP contribution in [0, 0.1) is 6.92 Å². The third-order valence-corrected chi connectivity index (χ3v) is 2.82. The van der Waals surface area contributed by atoms with E-state index in [1.165, 1.54) is 0 Å². The highest BCUT2D eigenvalue weighted by Gasteiger charge is 2.24. The molecule has 2 rings (SSSR count). The Morgan fingerprint density at radius 2 is 2.00 bits per heavy atom. The topological polar surface area (TPSA) is 38.2 Å². The van der Waals surface area contributed by atoms with Crippen LogP contribution in [-0.2, 0) is 4.74 Å². The second kappa shape index (κ2) is 4.55. The molecule has 0 bridgehead atoms. The first kappa shape index (κ1) is 11.6. The summed E-state index contributed by atoms with van der Waals surface area (Å²) in [5.41, 5.74) is 1.05. The predicted molar refractivity (Wildman–Crippen MR) is 64.0 cm³/mol. The molecule has 88 valence electrons. The maximum Gasteiger partial charge on any atom is 0.224 e. The highest BCUT2D eigenvalue weighted by Crippen LogP contribution is 2.22. The third kappa shape index (κ3) is 2.44. The van der Waals surface area contributed by atoms with Crippen LogP contribution in [0.2, 0.25) is 5.28 Å². The second-order valence-corrected chi connectivity index (χ2v) is 4.65. The fourth-order valence-corrected chi connectivity index (χ4v) is 2.21. The van der Waals surface area contributed by atoms with Gasteiger partial charge in [-0.25, -0.2) is 9.97 Å². The average Bonchev–Trinajstić information content (AvgIpc) is 2.20. The van der Waals surface area contributed by atoms with Crippen molar-refractivity contribution in [1.29, 1.82) is 0 Å². The minimum atomic E-state index is 0.219. The van der Waals surface area contributed by atoms with Crippen LogP contribution in [-0.4, -0.2) is 35.3 Å². The second-order valence-electron chi connectivity index (χ2n) is 4.31. The maximum absolute atomic E-state index is 5.83. The molecule has 0 aromatic carbocycles. The fourth-order valence-electron chi connectivity index (χ4n) is 2.08. The Hall–Kier alpha value is -0.870. The summed E-state index contributed by atoms with van der Waals surface area (Å²) in [5.74, 6) is 0.919. The van der Waals surface area contributed by atoms with Gasteiger partial charge < -0.3 is 9.64 Å². The SMILES string of the molecule is Cc1cnc(Cl)nc1N1CC(C)OC(C)C1. The number of ether oxygens (including phenoxy) is 1. The Bertz CT molecular complexity index is 375. The van der Waals surface area contributed by atoms with Crippen LogP contribution >= 0.6 is 11.6 Å². The minimum absolute atomic E-state index is 0.219. The first-order chi connectivity index (χ1) is 7.56. The van der Waals surface area contributed by atoms with Crippen LogP contribution in [0.3, 0.4) is 0 Å². The van der Waals surface area contributed by atoms with Gasteiger partial charge in [-0.05, 0) is 32.4 Å². The molecule has 1 aliphatic rings. The zero-order valence-electron chi connectivity index (χ0n) is 9.77. The van der Waals surface area contributed by atoms with Crippen LogP contribution in [0.4, 0.5) is 5.82 Å². The molecular weight excluding hydrogens is 226 g/mol. The molecule has 1 aromatic rings. The van der Waals surface area contributed by atoms with Crippen LogP contribution in [0.15, 0.2) is 6.20 Å². The van der Waals surface area contributed by atoms with Crippen molar-refractivity contribution in [1.82, 2.24) is 9.97 Å². The molecule has 2 heterocycles. The average molecular weight is 242 g/mol. The highest BCUT2D eigenvalue weighted by molar-refractivity contribution is 6.28. The molecule has 1 saturated heterocycles. The van der Waals surface area contributed by atoms with E-state index in [4.69, 9.17) is 16.3 Å². The quantitative estimate of drug-likeness (QED) is 0.706. The van der Waals surface area contributed by atoms with Gasteiger partial charge in [0.25, 0.3) is 0 Å². The lowest BCUT2D eigenvalue weighted by molar-refractivity contribution is -0.00549. The summed E-state index contributed by atoms with van der Waals surface area (Å²) < 4.78 is 5.69. The first-order valence-corrected chi connectivity index (χ1v) is 5.83. The third-order valence-electron chi connectivity index (χ3n) is 2.63. The van der Waals surface area contributed by atoms with E-state index in [-0.39, 0.29) is 12.2 Å². The van der Waals surface area contributed by atoms with Crippen molar-refractivity contribution in [3.8, 4) is 0 Å². The number of aryl methyl sites for hydroxylation is 1. The number of aromatic nitrogens is 2. The van der Waals surface area contributed by atoms with Crippen LogP contribution in [0.25, 0.3) is 0 Å². The Labute approximate surface area is 101 Å². The van der Waals surface area contributed by atoms with Crippen molar-refractivity contribution in [3.05, 3.63) is 17.0 Å². The van der Waals surface area contributed by atoms with E-state index in [9.17, 15) is 0 Å². The van der Waals surface area contributed by atoms with E-state index in [0.717, 1.165) is 24.5 Å². The van der Waals surface area contributed by atoms with E-state index in [1.807, 2.05) is 6.92 Å². The Morgan fingerprint density at radius 3 is 2.62 bits per heavy atom. The van der Waals surface area contributed by atoms with Gasteiger partial charge in [0.2, 0.25) is 5.28 Å². The smallest absolute Gasteiger partial charge is 0.224 e. The van der Waals surface area contributed by atoms with Gasteiger partial charge in [0.05, 0.1) is 12.2 Å². The fraction of sp³-hybridized carbons (Fsp3) is 0.636. The van der Waals surface area contributed by atoms with Crippen molar-refractivity contribution in [2.45, 2.75) is 33.0 Å². The van der Waals surface area contributed by atoms with Crippen molar-refractivity contribution >= 4 is 17.4 Å². The maximum atomic E-state index is 5.83. The summed E-state index contributed by atoms with van der Waals surface area (Å²) in [4.78, 5) is 10.5. The normalized spacial score (nSPS) is 25.9. The largest absolute Gasteiger partial charge is 0.372 e. The number of nitrogens with zero attached hydrogens (tertiary/aromatic N) is 3. The molecule has 0 amide bonds. The van der Waals surface area contributed by atoms with Gasteiger partial charge in [-0.3, -0.25) is 0 Å². The standard InChI is InChI=1S/C11H16ClN3O/c1-7-4-13-11(12)14-10(7)15-5-8(2)16-9(3)6-15/h4,8-9H,5-6H2,1-3H3. The Morgan fingerprint density at radius 1 is 1.38 bits per heavy atom. The predicted octanol–water partition coefficient (Wildman–Crippen LogP) is 2.05. The van der Waals surface area contributed by atoms with Crippen molar-refractivity contribution in [3.63, 3.8) is 0 Å². The van der Waals surface area contributed by atoms with Crippen LogP contribution < -0.4 is 4.90 Å². The summed E-state index contributed by atoms with van der Waals surface area (Å²) in [7, 11) is 0. The van der Waals surface area contributed by atoms with Crippen molar-refractivity contribution in [2.24, 2.45) is 0 Å². The van der Waals surface area contributed by atoms with E-state index in [0.29, 0.717) is 5.28 Å². The van der Waals surface area contributed by atoms with Gasteiger partial charge in [0.15, 0.2) is 0 Å². The van der Waals surface area contributed by atoms with Crippen molar-refractivity contribution in [2.75, 3.05) is 18.0 Å². The van der Waals surface area contributed by atoms with Gasteiger partial charge in [-0.2, -0.15) is 0 Å². The molecule has 1 fully saturated rings. The lowest BCUT2D eigenvalue weighted by atomic mass is 10.2. The zero-order chi connectivity index (χ0) is 11.7. The number of rotatable bonds is 1. The van der Waals surface area contributed by atoms with E-state index in [2.05, 4.69) is 28.7 Å². The monoisotopic (exact) mass is 241 g/mol. The van der Waals surface area contributed by atoms with Gasteiger partial charge in [0, 0.05) is 24.8 Å². The molecule has 1 aliphatic heterocycles. The van der Waals surface area contributed by atoms with Gasteiger partial charge >= 0.3 is 0 Å². The molecule has 5 heteroatoms. The van der Waals surface area contributed by atoms with Gasteiger partial charge in [-0.1, -0.05) is 0 Å². The van der Waals surface area contributed by atoms with Gasteiger partial charge in [-0.15, -0.1) is 0 Å². The Balaban J connectivity index is 2.25. The molecule has 16 heavy (non-hydrogen) atoms. The number of anilines is 1. The van der Waals surface area contributed by atoms with Crippen LogP contribution in [0.5, 0.6) is 0 Å². The molecule has 0 N–H and O–H groups in total. The lowest BCUT2D eigenvalue weighted by Gasteiger charge is -2.36. The minimum Gasteiger partial charge on any atom is -0.372 e. The highest BCUT2D eigenvalue weighted by atomic mass is 35.5. The number of halogens is 1. The Kier molecular flexibility index (Phi) is 3.30. The van der Waals surface area contributed by atoms with E-state index >= 15 is 0 Å². The summed E-state index contributed by atoms with van der Waals surface area (Å²) >= 11 is 5.83. The molecule has 2 unspecified atom stereocenters. The number of hydrogen-bond acceptors (Lipinski definition) is 4. The van der Waals surface area contributed by atoms with Gasteiger partial charge in [0.1, 0.15) is 5.82 Å². The first-order valence-electron chi connectivity index (χ1n) is 5.46. The molecule has 0 aliphatic carbocycles. The zero-order valence-corrected chi connectivity index (χ0v) is 10.5. The molecule has 4 nitrogen and oxygen atoms in total. The molecule has 1 aromatic heterocycles. The molecule has 2 atom stereocenters. The number of hydrogen-bond donors (Lipinski definition) is 0. The van der Waals surface area contributed by atoms with Crippen molar-refractivity contribution < 1.29 is 4.74 Å². The summed E-state index contributed by atoms with van der Waals surface area (Å²) in [5, 5.41) is 0.299. The lowest BCUT2D eigenvalue weighted by Crippen LogP contribution is -2.46. The molecule has 0 radical (unpaired) electrons. The number of morpholine rings is 1. The van der Waals surface area contributed by atoms with E-state index in [1.54, 1.807) is 6.20 Å². The summed E-state index contributed by atoms with van der Waals surface area (Å²) in [6, 6.07) is 0. The summed E-state index contributed by atoms with van der Waals surface area (Å²) in [6.07, 6.45) is 2.20. The van der Waals surface area contributed by atoms with E-state index < -0.39 is 0 Å². The molecular formula is C11H16ClN3O.